The van der Waals surface area contributed by atoms with Crippen LogP contribution in [-0.4, -0.2) is 98.0 Å². The maximum Gasteiger partial charge on any atom is 0.312 e. The van der Waals surface area contributed by atoms with Crippen LogP contribution in [0.3, 0.4) is 0 Å². The number of nitrogens with zero attached hydrogens (tertiary/aromatic N) is 16. The zero-order chi connectivity index (χ0) is 86.1. The van der Waals surface area contributed by atoms with Gasteiger partial charge in [0.1, 0.15) is 28.4 Å². The second kappa shape index (κ2) is 34.7. The molecule has 8 aromatic carbocycles. The van der Waals surface area contributed by atoms with E-state index in [1.807, 2.05) is 210 Å². The average molecular weight is 1750 g/mol. The molecular formula is C88H66Cl5F2N25O4. The molecule has 124 heavy (non-hydrogen) atoms. The van der Waals surface area contributed by atoms with Crippen molar-refractivity contribution in [3.05, 3.63) is 345 Å². The minimum absolute atomic E-state index is 0.0834. The molecule has 0 saturated carbocycles. The predicted octanol–water partition coefficient (Wildman–Crippen LogP) is 18.4. The van der Waals surface area contributed by atoms with Gasteiger partial charge in [0.15, 0.2) is 45.9 Å². The quantitative estimate of drug-likeness (QED) is 0.0320. The molecule has 0 aliphatic rings. The van der Waals surface area contributed by atoms with Crippen LogP contribution < -0.4 is 49.2 Å². The molecule has 0 radical (unpaired) electrons. The fourth-order valence-electron chi connectivity index (χ4n) is 14.8. The number of rotatable bonds is 16. The van der Waals surface area contributed by atoms with Gasteiger partial charge < -0.3 is 46.9 Å². The molecule has 4 atom stereocenters. The molecule has 0 unspecified atom stereocenters. The number of nitrogens with two attached hydrogens (primary N) is 1. The largest absolute Gasteiger partial charge is 0.368 e. The van der Waals surface area contributed by atoms with E-state index < -0.39 is 18.2 Å². The number of hydrogen-bond acceptors (Lipinski definition) is 21. The van der Waals surface area contributed by atoms with Crippen LogP contribution in [0.4, 0.5) is 38.0 Å². The van der Waals surface area contributed by atoms with Crippen LogP contribution in [0.2, 0.25) is 25.4 Å². The zero-order valence-corrected chi connectivity index (χ0v) is 69.2. The molecule has 0 aliphatic carbocycles. The van der Waals surface area contributed by atoms with Gasteiger partial charge in [-0.3, -0.25) is 37.4 Å². The van der Waals surface area contributed by atoms with Crippen LogP contribution in [0.1, 0.15) is 74.6 Å². The van der Waals surface area contributed by atoms with Crippen molar-refractivity contribution in [2.75, 3.05) is 27.0 Å². The Hall–Kier alpha value is -14.9. The molecule has 0 saturated heterocycles. The summed E-state index contributed by atoms with van der Waals surface area (Å²) < 4.78 is 34.1. The summed E-state index contributed by atoms with van der Waals surface area (Å²) in [6.07, 6.45) is 4.16. The molecule has 12 heterocycles. The minimum atomic E-state index is -0.889. The number of imidazole rings is 4. The lowest BCUT2D eigenvalue weighted by molar-refractivity contribution is 0.544. The van der Waals surface area contributed by atoms with Crippen molar-refractivity contribution in [2.45, 2.75) is 51.9 Å². The van der Waals surface area contributed by atoms with E-state index in [0.717, 1.165) is 38.9 Å². The summed E-state index contributed by atoms with van der Waals surface area (Å²) in [5.41, 5.74) is 14.2. The Morgan fingerprint density at radius 2 is 0.653 bits per heavy atom. The number of para-hydroxylation sites is 4. The summed E-state index contributed by atoms with van der Waals surface area (Å²) in [5, 5.41) is 19.7. The van der Waals surface area contributed by atoms with Crippen molar-refractivity contribution < 1.29 is 8.78 Å². The Labute approximate surface area is 724 Å². The number of H-pyrrole nitrogens is 4. The first-order valence-electron chi connectivity index (χ1n) is 38.3. The monoisotopic (exact) mass is 1750 g/mol. The topological polar surface area (TPSA) is 380 Å². The molecular weight excluding hydrogens is 1690 g/mol. The van der Waals surface area contributed by atoms with E-state index in [1.54, 1.807) is 54.7 Å². The Bertz CT molecular complexity index is 7190. The number of benzene rings is 8. The summed E-state index contributed by atoms with van der Waals surface area (Å²) in [6.45, 7) is 7.66. The van der Waals surface area contributed by atoms with Crippen molar-refractivity contribution in [3.63, 3.8) is 0 Å². The SMILES string of the molecule is C[C@H](Nc1nc(Cl)nc2nc[nH]c12)c1cc2cccc(Cl)c2c(=O)n1-c1ccccc1.C[C@H](Nc1nc(F)nc2nc[nH]c12)c1cc2cccc(Cl)c2c(=O)n1-c1ccccc1.C[C@H](Nc1nc(N)nc2nc[nH]c12)c1cc2cccc(Cl)c2c(=O)n1-c1ccccc1.C[C@H](Nc1ncnc2nc(F)[nH]c12)c1cc2cccc(Cl)c2c(=O)n1-c1ccccc1. The number of pyridine rings is 4. The van der Waals surface area contributed by atoms with Crippen molar-refractivity contribution in [3.8, 4) is 22.7 Å². The number of aromatic amines is 4. The average Bonchev–Trinajstić information content (AvgIpc) is 1.16. The smallest absolute Gasteiger partial charge is 0.312 e. The van der Waals surface area contributed by atoms with Gasteiger partial charge in [0, 0.05) is 45.5 Å². The summed E-state index contributed by atoms with van der Waals surface area (Å²) in [7, 11) is 0. The molecule has 10 N–H and O–H groups in total. The number of nitrogens with one attached hydrogen (secondary N) is 8. The van der Waals surface area contributed by atoms with E-state index in [1.165, 1.54) is 25.3 Å². The lowest BCUT2D eigenvalue weighted by Gasteiger charge is -2.21. The molecule has 0 aliphatic heterocycles. The Morgan fingerprint density at radius 1 is 0.339 bits per heavy atom. The number of fused-ring (bicyclic) bond motifs is 8. The van der Waals surface area contributed by atoms with Gasteiger partial charge in [0.25, 0.3) is 28.3 Å². The first-order valence-corrected chi connectivity index (χ1v) is 40.2. The van der Waals surface area contributed by atoms with E-state index in [9.17, 15) is 28.0 Å². The lowest BCUT2D eigenvalue weighted by Crippen LogP contribution is -2.26. The van der Waals surface area contributed by atoms with Gasteiger partial charge in [0.05, 0.1) is 84.8 Å². The number of aromatic nitrogens is 20. The number of halogens is 7. The van der Waals surface area contributed by atoms with E-state index in [0.29, 0.717) is 121 Å². The van der Waals surface area contributed by atoms with Gasteiger partial charge in [0.2, 0.25) is 11.2 Å². The third-order valence-electron chi connectivity index (χ3n) is 20.4. The standard InChI is InChI=1S/C22H16Cl2N6O.2C22H16ClFN6O.C22H18ClN7O/c1-12(27-20-18-19(26-11-25-18)28-22(24)29-20)16-10-13-6-5-9-15(23)17(13)21(31)30(16)14-7-3-2-4-8-14;1-12(27-19-18-20(26-11-25-19)29-22(24)28-18)16-10-13-6-5-9-15(23)17(13)21(31)30(16)14-7-3-2-4-8-14;2*1-12(27-20-18-19(26-11-25-18)28-22(24)29-20)16-10-13-6-5-9-15(23)17(13)21(31)30(16)14-7-3-2-4-8-14/h3*2-12H,1H3,(H2,25,26,27,28,29);2-12H,1H3,(H4,24,25,26,27,28,29)/t4*12-/m0000/s1. The van der Waals surface area contributed by atoms with Crippen LogP contribution in [0, 0.1) is 12.2 Å². The van der Waals surface area contributed by atoms with Crippen molar-refractivity contribution in [2.24, 2.45) is 0 Å². The van der Waals surface area contributed by atoms with Crippen molar-refractivity contribution >= 4 is 175 Å². The minimum Gasteiger partial charge on any atom is -0.368 e. The molecule has 0 bridgehead atoms. The van der Waals surface area contributed by atoms with Gasteiger partial charge in [-0.25, -0.2) is 24.9 Å². The normalized spacial score (nSPS) is 12.3. The van der Waals surface area contributed by atoms with Gasteiger partial charge in [-0.15, -0.1) is 0 Å². The highest BCUT2D eigenvalue weighted by atomic mass is 35.5. The third-order valence-corrected chi connectivity index (χ3v) is 21.9. The lowest BCUT2D eigenvalue weighted by atomic mass is 10.1. The van der Waals surface area contributed by atoms with Gasteiger partial charge in [-0.2, -0.15) is 43.7 Å². The van der Waals surface area contributed by atoms with Crippen LogP contribution in [0.15, 0.2) is 263 Å². The van der Waals surface area contributed by atoms with Gasteiger partial charge in [-0.05, 0) is 158 Å². The molecule has 20 aromatic rings. The second-order valence-electron chi connectivity index (χ2n) is 28.3. The Morgan fingerprint density at radius 3 is 1.02 bits per heavy atom. The highest BCUT2D eigenvalue weighted by Gasteiger charge is 2.26. The number of hydrogen-bond donors (Lipinski definition) is 9. The fourth-order valence-corrected chi connectivity index (χ4v) is 16.0. The Kier molecular flexibility index (Phi) is 22.8. The molecule has 616 valence electrons. The molecule has 36 heteroatoms. The fraction of sp³-hybridized carbons (Fsp3) is 0.0909. The molecule has 12 aromatic heterocycles. The van der Waals surface area contributed by atoms with Crippen LogP contribution in [0.25, 0.3) is 110 Å². The van der Waals surface area contributed by atoms with Crippen molar-refractivity contribution in [1.29, 1.82) is 0 Å². The van der Waals surface area contributed by atoms with E-state index in [-0.39, 0.29) is 68.7 Å². The van der Waals surface area contributed by atoms with Crippen LogP contribution >= 0.6 is 58.0 Å². The van der Waals surface area contributed by atoms with Crippen molar-refractivity contribution in [1.82, 2.24) is 98.0 Å². The zero-order valence-electron chi connectivity index (χ0n) is 65.4. The van der Waals surface area contributed by atoms with Gasteiger partial charge in [-0.1, -0.05) is 168 Å². The van der Waals surface area contributed by atoms with Crippen LogP contribution in [0.5, 0.6) is 0 Å². The molecule has 0 spiro atoms. The number of nitrogen functional groups attached to an aromatic ring is 1. The van der Waals surface area contributed by atoms with E-state index in [4.69, 9.17) is 63.7 Å². The highest BCUT2D eigenvalue weighted by molar-refractivity contribution is 6.37. The van der Waals surface area contributed by atoms with Gasteiger partial charge >= 0.3 is 6.08 Å². The third kappa shape index (κ3) is 16.2. The summed E-state index contributed by atoms with van der Waals surface area (Å²) in [5.74, 6) is 1.75. The molecule has 0 fully saturated rings. The Balaban J connectivity index is 0.000000117. The summed E-state index contributed by atoms with van der Waals surface area (Å²) in [6, 6.07) is 65.4. The predicted molar refractivity (Wildman–Crippen MR) is 482 cm³/mol. The second-order valence-corrected chi connectivity index (χ2v) is 30.3. The summed E-state index contributed by atoms with van der Waals surface area (Å²) in [4.78, 5) is 114. The molecule has 0 amide bonds. The van der Waals surface area contributed by atoms with E-state index >= 15 is 0 Å². The maximum absolute atomic E-state index is 13.9. The molecule has 20 rings (SSSR count). The first-order chi connectivity index (χ1) is 60.1. The maximum atomic E-state index is 13.9. The number of anilines is 5. The first kappa shape index (κ1) is 81.5. The molecule has 29 nitrogen and oxygen atoms in total. The van der Waals surface area contributed by atoms with Crippen LogP contribution in [-0.2, 0) is 0 Å². The highest BCUT2D eigenvalue weighted by Crippen LogP contribution is 2.35. The summed E-state index contributed by atoms with van der Waals surface area (Å²) >= 11 is 31.6. The van der Waals surface area contributed by atoms with E-state index in [2.05, 4.69) is 101 Å².